The molecule has 0 radical (unpaired) electrons. The van der Waals surface area contributed by atoms with Crippen LogP contribution in [0.4, 0.5) is 13.2 Å². The van der Waals surface area contributed by atoms with Crippen LogP contribution in [0.15, 0.2) is 103 Å². The lowest BCUT2D eigenvalue weighted by molar-refractivity contribution is -0.145. The zero-order valence-corrected chi connectivity index (χ0v) is 22.9. The van der Waals surface area contributed by atoms with Crippen LogP contribution in [-0.4, -0.2) is 25.0 Å². The fraction of sp³-hybridized carbons (Fsp3) is 0.212. The van der Waals surface area contributed by atoms with Crippen molar-refractivity contribution < 1.29 is 37.0 Å². The van der Waals surface area contributed by atoms with Crippen molar-refractivity contribution in [3.8, 4) is 11.5 Å². The van der Waals surface area contributed by atoms with E-state index in [0.29, 0.717) is 23.7 Å². The number of esters is 1. The number of hydrogen-bond donors (Lipinski definition) is 1. The maximum Gasteiger partial charge on any atom is 0.416 e. The molecule has 0 aliphatic carbocycles. The van der Waals surface area contributed by atoms with Crippen molar-refractivity contribution >= 4 is 11.9 Å². The summed E-state index contributed by atoms with van der Waals surface area (Å²) in [4.78, 5) is 25.3. The van der Waals surface area contributed by atoms with Gasteiger partial charge in [-0.15, -0.1) is 0 Å². The lowest BCUT2D eigenvalue weighted by Gasteiger charge is -2.19. The molecule has 6 nitrogen and oxygen atoms in total. The molecule has 1 amide bonds. The second-order valence-electron chi connectivity index (χ2n) is 9.55. The Balaban J connectivity index is 1.50. The molecule has 1 atom stereocenters. The number of halogens is 3. The van der Waals surface area contributed by atoms with Gasteiger partial charge in [0.15, 0.2) is 11.5 Å². The molecular formula is C33H30F3NO5. The number of rotatable bonds is 12. The Morgan fingerprint density at radius 3 is 1.90 bits per heavy atom. The predicted molar refractivity (Wildman–Crippen MR) is 151 cm³/mol. The molecule has 0 aromatic heterocycles. The average molecular weight is 578 g/mol. The van der Waals surface area contributed by atoms with Crippen LogP contribution in [0, 0.1) is 0 Å². The van der Waals surface area contributed by atoms with Gasteiger partial charge in [0.05, 0.1) is 19.1 Å². The van der Waals surface area contributed by atoms with Crippen molar-refractivity contribution in [3.63, 3.8) is 0 Å². The zero-order valence-electron chi connectivity index (χ0n) is 22.9. The van der Waals surface area contributed by atoms with Gasteiger partial charge < -0.3 is 19.5 Å². The lowest BCUT2D eigenvalue weighted by Crippen LogP contribution is -2.43. The van der Waals surface area contributed by atoms with Gasteiger partial charge in [0, 0.05) is 6.42 Å². The van der Waals surface area contributed by atoms with Gasteiger partial charge in [-0.25, -0.2) is 4.79 Å². The van der Waals surface area contributed by atoms with Crippen molar-refractivity contribution in [2.45, 2.75) is 38.3 Å². The monoisotopic (exact) mass is 577 g/mol. The first-order chi connectivity index (χ1) is 20.2. The molecule has 4 aromatic carbocycles. The molecule has 42 heavy (non-hydrogen) atoms. The number of ether oxygens (including phenoxy) is 3. The van der Waals surface area contributed by atoms with E-state index in [2.05, 4.69) is 5.32 Å². The Morgan fingerprint density at radius 2 is 1.31 bits per heavy atom. The standard InChI is InChI=1S/C33H30F3NO5/c1-40-32(39)28(37-31(38)20-25-13-8-14-27(17-25)33(34,35)36)18-26-15-16-29(41-21-23-9-4-2-5-10-23)30(19-26)42-22-24-11-6-3-7-12-24/h2-17,19,28H,18,20-22H2,1H3,(H,37,38)/t28-/m0/s1. The van der Waals surface area contributed by atoms with Crippen LogP contribution < -0.4 is 14.8 Å². The van der Waals surface area contributed by atoms with Crippen LogP contribution in [0.1, 0.15) is 27.8 Å². The number of carbonyl (C=O) groups is 2. The highest BCUT2D eigenvalue weighted by Crippen LogP contribution is 2.31. The molecule has 4 rings (SSSR count). The summed E-state index contributed by atoms with van der Waals surface area (Å²) < 4.78 is 56.3. The van der Waals surface area contributed by atoms with Crippen molar-refractivity contribution in [1.29, 1.82) is 0 Å². The van der Waals surface area contributed by atoms with E-state index in [1.807, 2.05) is 60.7 Å². The minimum Gasteiger partial charge on any atom is -0.485 e. The van der Waals surface area contributed by atoms with E-state index in [4.69, 9.17) is 14.2 Å². The molecule has 0 spiro atoms. The highest BCUT2D eigenvalue weighted by atomic mass is 19.4. The Kier molecular flexibility index (Phi) is 10.2. The van der Waals surface area contributed by atoms with Crippen molar-refractivity contribution in [2.75, 3.05) is 7.11 Å². The number of methoxy groups -OCH3 is 1. The average Bonchev–Trinajstić information content (AvgIpc) is 2.99. The van der Waals surface area contributed by atoms with E-state index < -0.39 is 29.7 Å². The van der Waals surface area contributed by atoms with Gasteiger partial charge in [-0.1, -0.05) is 84.9 Å². The normalized spacial score (nSPS) is 11.8. The van der Waals surface area contributed by atoms with E-state index in [9.17, 15) is 22.8 Å². The van der Waals surface area contributed by atoms with Gasteiger partial charge in [0.25, 0.3) is 0 Å². The third-order valence-electron chi connectivity index (χ3n) is 6.36. The molecule has 0 aliphatic rings. The zero-order chi connectivity index (χ0) is 30.0. The summed E-state index contributed by atoms with van der Waals surface area (Å²) in [5.74, 6) is -0.357. The Bertz CT molecular complexity index is 1480. The van der Waals surface area contributed by atoms with Gasteiger partial charge in [-0.05, 0) is 40.5 Å². The first-order valence-corrected chi connectivity index (χ1v) is 13.2. The summed E-state index contributed by atoms with van der Waals surface area (Å²) in [6, 6.07) is 27.9. The molecule has 0 saturated carbocycles. The third kappa shape index (κ3) is 8.86. The van der Waals surface area contributed by atoms with E-state index in [-0.39, 0.29) is 25.0 Å². The molecule has 9 heteroatoms. The smallest absolute Gasteiger partial charge is 0.416 e. The maximum absolute atomic E-state index is 13.1. The largest absolute Gasteiger partial charge is 0.485 e. The van der Waals surface area contributed by atoms with Crippen LogP contribution in [0.25, 0.3) is 0 Å². The van der Waals surface area contributed by atoms with Gasteiger partial charge >= 0.3 is 12.1 Å². The number of nitrogens with one attached hydrogen (secondary N) is 1. The molecule has 0 heterocycles. The van der Waals surface area contributed by atoms with Crippen LogP contribution in [0.3, 0.4) is 0 Å². The van der Waals surface area contributed by atoms with Gasteiger partial charge in [0.1, 0.15) is 19.3 Å². The molecule has 0 bridgehead atoms. The molecular weight excluding hydrogens is 547 g/mol. The molecule has 1 N–H and O–H groups in total. The van der Waals surface area contributed by atoms with Crippen molar-refractivity contribution in [2.24, 2.45) is 0 Å². The van der Waals surface area contributed by atoms with E-state index in [1.54, 1.807) is 18.2 Å². The van der Waals surface area contributed by atoms with Gasteiger partial charge in [0.2, 0.25) is 5.91 Å². The Morgan fingerprint density at radius 1 is 0.714 bits per heavy atom. The molecule has 0 saturated heterocycles. The first kappa shape index (κ1) is 30.2. The summed E-state index contributed by atoms with van der Waals surface area (Å²) in [6.07, 6.45) is -4.81. The van der Waals surface area contributed by atoms with Crippen LogP contribution in [-0.2, 0) is 46.6 Å². The highest BCUT2D eigenvalue weighted by molar-refractivity contribution is 5.85. The van der Waals surface area contributed by atoms with Crippen LogP contribution >= 0.6 is 0 Å². The number of carbonyl (C=O) groups excluding carboxylic acids is 2. The highest BCUT2D eigenvalue weighted by Gasteiger charge is 2.30. The summed E-state index contributed by atoms with van der Waals surface area (Å²) in [7, 11) is 1.20. The predicted octanol–water partition coefficient (Wildman–Crippen LogP) is 6.31. The summed E-state index contributed by atoms with van der Waals surface area (Å²) in [5.41, 5.74) is 1.90. The first-order valence-electron chi connectivity index (χ1n) is 13.2. The second-order valence-corrected chi connectivity index (χ2v) is 9.55. The number of hydrogen-bond acceptors (Lipinski definition) is 5. The van der Waals surface area contributed by atoms with Crippen molar-refractivity contribution in [3.05, 3.63) is 131 Å². The fourth-order valence-electron chi connectivity index (χ4n) is 4.24. The molecule has 0 unspecified atom stereocenters. The lowest BCUT2D eigenvalue weighted by atomic mass is 10.0. The van der Waals surface area contributed by atoms with Gasteiger partial charge in [-0.2, -0.15) is 13.2 Å². The minimum atomic E-state index is -4.53. The topological polar surface area (TPSA) is 73.9 Å². The fourth-order valence-corrected chi connectivity index (χ4v) is 4.24. The summed E-state index contributed by atoms with van der Waals surface area (Å²) >= 11 is 0. The molecule has 0 aliphatic heterocycles. The third-order valence-corrected chi connectivity index (χ3v) is 6.36. The van der Waals surface area contributed by atoms with E-state index in [0.717, 1.165) is 23.3 Å². The Labute approximate surface area is 242 Å². The van der Waals surface area contributed by atoms with E-state index in [1.165, 1.54) is 19.2 Å². The molecule has 218 valence electrons. The maximum atomic E-state index is 13.1. The minimum absolute atomic E-state index is 0.0572. The van der Waals surface area contributed by atoms with Crippen LogP contribution in [0.5, 0.6) is 11.5 Å². The van der Waals surface area contributed by atoms with Gasteiger partial charge in [-0.3, -0.25) is 4.79 Å². The summed E-state index contributed by atoms with van der Waals surface area (Å²) in [5, 5.41) is 2.59. The second kappa shape index (κ2) is 14.2. The SMILES string of the molecule is COC(=O)[C@H](Cc1ccc(OCc2ccccc2)c(OCc2ccccc2)c1)NC(=O)Cc1cccc(C(F)(F)F)c1. The van der Waals surface area contributed by atoms with Crippen molar-refractivity contribution in [1.82, 2.24) is 5.32 Å². The van der Waals surface area contributed by atoms with Crippen LogP contribution in [0.2, 0.25) is 0 Å². The molecule has 0 fully saturated rings. The number of benzene rings is 4. The quantitative estimate of drug-likeness (QED) is 0.200. The number of amides is 1. The Hall–Kier alpha value is -4.79. The number of alkyl halides is 3. The molecule has 4 aromatic rings. The van der Waals surface area contributed by atoms with E-state index >= 15 is 0 Å². The summed E-state index contributed by atoms with van der Waals surface area (Å²) in [6.45, 7) is 0.596.